The smallest absolute Gasteiger partial charge is 0.255 e. The molecule has 0 radical (unpaired) electrons. The Balaban J connectivity index is 1.76. The van der Waals surface area contributed by atoms with Crippen LogP contribution in [0.5, 0.6) is 0 Å². The van der Waals surface area contributed by atoms with Gasteiger partial charge in [-0.05, 0) is 34.9 Å². The quantitative estimate of drug-likeness (QED) is 0.640. The van der Waals surface area contributed by atoms with Crippen LogP contribution >= 0.6 is 11.6 Å². The number of benzene rings is 3. The van der Waals surface area contributed by atoms with E-state index in [1.807, 2.05) is 54.6 Å². The van der Waals surface area contributed by atoms with Gasteiger partial charge in [-0.3, -0.25) is 4.79 Å². The first kappa shape index (κ1) is 19.0. The van der Waals surface area contributed by atoms with E-state index in [4.69, 9.17) is 11.6 Å². The van der Waals surface area contributed by atoms with Gasteiger partial charge in [0.05, 0.1) is 11.5 Å². The maximum atomic E-state index is 13.6. The molecule has 144 valence electrons. The van der Waals surface area contributed by atoms with E-state index >= 15 is 0 Å². The number of carbonyl (C=O) groups is 1. The van der Waals surface area contributed by atoms with Gasteiger partial charge >= 0.3 is 0 Å². The number of nitrogens with zero attached hydrogens (tertiary/aromatic N) is 1. The fourth-order valence-corrected chi connectivity index (χ4v) is 5.69. The number of hydrogen-bond donors (Lipinski definition) is 0. The summed E-state index contributed by atoms with van der Waals surface area (Å²) in [5, 5.41) is 2.41. The summed E-state index contributed by atoms with van der Waals surface area (Å²) in [4.78, 5) is 15.2. The highest BCUT2D eigenvalue weighted by Gasteiger charge is 2.35. The first-order valence-electron chi connectivity index (χ1n) is 9.17. The summed E-state index contributed by atoms with van der Waals surface area (Å²) in [5.74, 6) is -0.0631. The van der Waals surface area contributed by atoms with Gasteiger partial charge in [0, 0.05) is 23.2 Å². The Bertz CT molecular complexity index is 1140. The van der Waals surface area contributed by atoms with Crippen LogP contribution < -0.4 is 0 Å². The lowest BCUT2D eigenvalue weighted by Crippen LogP contribution is -2.40. The van der Waals surface area contributed by atoms with Crippen LogP contribution in [0.4, 0.5) is 0 Å². The Morgan fingerprint density at radius 2 is 1.71 bits per heavy atom. The highest BCUT2D eigenvalue weighted by molar-refractivity contribution is 7.91. The lowest BCUT2D eigenvalue weighted by molar-refractivity contribution is 0.0683. The summed E-state index contributed by atoms with van der Waals surface area (Å²) in [6.07, 6.45) is 0.448. The molecule has 0 aromatic heterocycles. The van der Waals surface area contributed by atoms with Crippen molar-refractivity contribution in [3.05, 3.63) is 82.9 Å². The lowest BCUT2D eigenvalue weighted by Gasteiger charge is -2.29. The molecule has 3 aromatic carbocycles. The van der Waals surface area contributed by atoms with E-state index in [2.05, 4.69) is 0 Å². The predicted octanol–water partition coefficient (Wildman–Crippen LogP) is 4.32. The molecule has 4 rings (SSSR count). The first-order chi connectivity index (χ1) is 13.4. The molecular formula is C22H20ClNO3S. The molecule has 4 nitrogen and oxygen atoms in total. The van der Waals surface area contributed by atoms with Crippen LogP contribution in [-0.2, 0) is 16.4 Å². The normalized spacial score (nSPS) is 18.2. The standard InChI is InChI=1S/C22H20ClNO3S/c23-21-11-4-2-7-17(21)14-24(18-12-13-28(26,27)15-18)22(25)20-10-5-8-16-6-1-3-9-19(16)20/h1-11,18H,12-15H2. The molecule has 6 heteroatoms. The number of sulfone groups is 1. The fraction of sp³-hybridized carbons (Fsp3) is 0.227. The zero-order valence-corrected chi connectivity index (χ0v) is 16.8. The van der Waals surface area contributed by atoms with Gasteiger partial charge in [0.25, 0.3) is 5.91 Å². The van der Waals surface area contributed by atoms with Gasteiger partial charge < -0.3 is 4.90 Å². The molecule has 1 amide bonds. The number of fused-ring (bicyclic) bond motifs is 1. The van der Waals surface area contributed by atoms with Crippen LogP contribution in [0.3, 0.4) is 0 Å². The second kappa shape index (κ2) is 7.57. The Hall–Kier alpha value is -2.37. The Morgan fingerprint density at radius 3 is 2.46 bits per heavy atom. The van der Waals surface area contributed by atoms with Gasteiger partial charge in [0.2, 0.25) is 0 Å². The Morgan fingerprint density at radius 1 is 1.00 bits per heavy atom. The van der Waals surface area contributed by atoms with Crippen molar-refractivity contribution in [2.45, 2.75) is 19.0 Å². The number of amides is 1. The van der Waals surface area contributed by atoms with Crippen LogP contribution in [0.2, 0.25) is 5.02 Å². The number of rotatable bonds is 4. The van der Waals surface area contributed by atoms with Gasteiger partial charge in [0.1, 0.15) is 0 Å². The predicted molar refractivity (Wildman–Crippen MR) is 112 cm³/mol. The molecule has 0 spiro atoms. The summed E-state index contributed by atoms with van der Waals surface area (Å²) in [7, 11) is -3.13. The second-order valence-electron chi connectivity index (χ2n) is 7.11. The molecule has 0 saturated carbocycles. The van der Waals surface area contributed by atoms with Crippen molar-refractivity contribution in [2.75, 3.05) is 11.5 Å². The number of hydrogen-bond acceptors (Lipinski definition) is 3. The summed E-state index contributed by atoms with van der Waals surface area (Å²) in [6, 6.07) is 20.3. The van der Waals surface area contributed by atoms with E-state index in [0.29, 0.717) is 17.0 Å². The van der Waals surface area contributed by atoms with E-state index in [9.17, 15) is 13.2 Å². The van der Waals surface area contributed by atoms with Crippen LogP contribution in [0, 0.1) is 0 Å². The van der Waals surface area contributed by atoms with Crippen LogP contribution in [-0.4, -0.2) is 36.8 Å². The van der Waals surface area contributed by atoms with Crippen molar-refractivity contribution in [1.82, 2.24) is 4.90 Å². The number of carbonyl (C=O) groups excluding carboxylic acids is 1. The molecule has 1 heterocycles. The summed E-state index contributed by atoms with van der Waals surface area (Å²) >= 11 is 6.32. The lowest BCUT2D eigenvalue weighted by atomic mass is 10.0. The third-order valence-corrected chi connectivity index (χ3v) is 7.35. The minimum Gasteiger partial charge on any atom is -0.330 e. The third kappa shape index (κ3) is 3.77. The van der Waals surface area contributed by atoms with E-state index < -0.39 is 9.84 Å². The zero-order chi connectivity index (χ0) is 19.7. The second-order valence-corrected chi connectivity index (χ2v) is 9.74. The van der Waals surface area contributed by atoms with Gasteiger partial charge in [0.15, 0.2) is 9.84 Å². The Labute approximate surface area is 169 Å². The van der Waals surface area contributed by atoms with Crippen molar-refractivity contribution >= 4 is 38.1 Å². The highest BCUT2D eigenvalue weighted by atomic mass is 35.5. The van der Waals surface area contributed by atoms with Crippen LogP contribution in [0.1, 0.15) is 22.3 Å². The van der Waals surface area contributed by atoms with Crippen molar-refractivity contribution in [2.24, 2.45) is 0 Å². The molecule has 1 aliphatic heterocycles. The largest absolute Gasteiger partial charge is 0.330 e. The third-order valence-electron chi connectivity index (χ3n) is 5.23. The summed E-state index contributed by atoms with van der Waals surface area (Å²) < 4.78 is 24.1. The molecule has 1 unspecified atom stereocenters. The van der Waals surface area contributed by atoms with Gasteiger partial charge in [-0.25, -0.2) is 8.42 Å². The molecule has 0 aliphatic carbocycles. The SMILES string of the molecule is O=C(c1cccc2ccccc12)N(Cc1ccccc1Cl)C1CCS(=O)(=O)C1. The molecule has 3 aromatic rings. The van der Waals surface area contributed by atoms with Crippen molar-refractivity contribution in [3.8, 4) is 0 Å². The molecule has 0 bridgehead atoms. The van der Waals surface area contributed by atoms with Gasteiger partial charge in [-0.15, -0.1) is 0 Å². The maximum Gasteiger partial charge on any atom is 0.255 e. The zero-order valence-electron chi connectivity index (χ0n) is 15.2. The van der Waals surface area contributed by atoms with E-state index in [0.717, 1.165) is 16.3 Å². The first-order valence-corrected chi connectivity index (χ1v) is 11.4. The van der Waals surface area contributed by atoms with Crippen LogP contribution in [0.25, 0.3) is 10.8 Å². The Kier molecular flexibility index (Phi) is 5.13. The monoisotopic (exact) mass is 413 g/mol. The van der Waals surface area contributed by atoms with Gasteiger partial charge in [-0.1, -0.05) is 66.2 Å². The van der Waals surface area contributed by atoms with Crippen LogP contribution in [0.15, 0.2) is 66.7 Å². The summed E-state index contributed by atoms with van der Waals surface area (Å²) in [5.41, 5.74) is 1.39. The molecule has 1 saturated heterocycles. The van der Waals surface area contributed by atoms with Gasteiger partial charge in [-0.2, -0.15) is 0 Å². The molecule has 1 fully saturated rings. The van der Waals surface area contributed by atoms with Crippen molar-refractivity contribution < 1.29 is 13.2 Å². The van der Waals surface area contributed by atoms with E-state index in [1.165, 1.54) is 0 Å². The molecule has 1 atom stereocenters. The van der Waals surface area contributed by atoms with E-state index in [1.54, 1.807) is 17.0 Å². The van der Waals surface area contributed by atoms with Crippen molar-refractivity contribution in [3.63, 3.8) is 0 Å². The molecule has 28 heavy (non-hydrogen) atoms. The minimum atomic E-state index is -3.13. The molecule has 0 N–H and O–H groups in total. The topological polar surface area (TPSA) is 54.5 Å². The molecular weight excluding hydrogens is 394 g/mol. The minimum absolute atomic E-state index is 0.00599. The van der Waals surface area contributed by atoms with Crippen molar-refractivity contribution in [1.29, 1.82) is 0 Å². The molecule has 1 aliphatic rings. The average molecular weight is 414 g/mol. The summed E-state index contributed by atoms with van der Waals surface area (Å²) in [6.45, 7) is 0.280. The number of halogens is 1. The maximum absolute atomic E-state index is 13.6. The average Bonchev–Trinajstić information content (AvgIpc) is 3.06. The highest BCUT2D eigenvalue weighted by Crippen LogP contribution is 2.27. The fourth-order valence-electron chi connectivity index (χ4n) is 3.76. The van der Waals surface area contributed by atoms with E-state index in [-0.39, 0.29) is 30.0 Å².